The van der Waals surface area contributed by atoms with E-state index < -0.39 is 0 Å². The molecule has 1 saturated heterocycles. The first-order chi connectivity index (χ1) is 8.75. The molecule has 18 heavy (non-hydrogen) atoms. The molecule has 0 aliphatic carbocycles. The highest BCUT2D eigenvalue weighted by Gasteiger charge is 2.17. The molecule has 2 rings (SSSR count). The molecule has 96 valence electrons. The Morgan fingerprint density at radius 3 is 3.11 bits per heavy atom. The molecule has 2 heterocycles. The summed E-state index contributed by atoms with van der Waals surface area (Å²) in [5.41, 5.74) is 0.400. The molecule has 2 amide bonds. The monoisotopic (exact) mass is 247 g/mol. The summed E-state index contributed by atoms with van der Waals surface area (Å²) in [5, 5.41) is 5.71. The zero-order chi connectivity index (χ0) is 12.8. The number of nitrogens with zero attached hydrogens (tertiary/aromatic N) is 1. The summed E-state index contributed by atoms with van der Waals surface area (Å²) in [6.45, 7) is 0.459. The average molecular weight is 247 g/mol. The first-order valence-electron chi connectivity index (χ1n) is 6.24. The molecule has 1 aromatic rings. The minimum absolute atomic E-state index is 0.0349. The quantitative estimate of drug-likeness (QED) is 0.832. The van der Waals surface area contributed by atoms with Crippen LogP contribution in [0.5, 0.6) is 0 Å². The number of carbonyl (C=O) groups excluding carboxylic acids is 2. The van der Waals surface area contributed by atoms with E-state index in [1.54, 1.807) is 24.4 Å². The van der Waals surface area contributed by atoms with Gasteiger partial charge in [-0.15, -0.1) is 0 Å². The summed E-state index contributed by atoms with van der Waals surface area (Å²) in [5.74, 6) is -0.126. The topological polar surface area (TPSA) is 71.1 Å². The van der Waals surface area contributed by atoms with Gasteiger partial charge in [-0.1, -0.05) is 12.5 Å². The van der Waals surface area contributed by atoms with Gasteiger partial charge < -0.3 is 10.6 Å². The van der Waals surface area contributed by atoms with Crippen molar-refractivity contribution in [2.75, 3.05) is 6.54 Å². The van der Waals surface area contributed by atoms with Crippen molar-refractivity contribution >= 4 is 11.8 Å². The lowest BCUT2D eigenvalue weighted by atomic mass is 10.1. The fourth-order valence-corrected chi connectivity index (χ4v) is 2.00. The van der Waals surface area contributed by atoms with Gasteiger partial charge in [-0.3, -0.25) is 14.6 Å². The molecule has 1 fully saturated rings. The van der Waals surface area contributed by atoms with Gasteiger partial charge in [0.25, 0.3) is 5.91 Å². The van der Waals surface area contributed by atoms with Gasteiger partial charge in [0.15, 0.2) is 0 Å². The summed E-state index contributed by atoms with van der Waals surface area (Å²) < 4.78 is 0. The third-order valence-corrected chi connectivity index (χ3v) is 2.98. The van der Waals surface area contributed by atoms with Gasteiger partial charge in [0.05, 0.1) is 0 Å². The van der Waals surface area contributed by atoms with Crippen LogP contribution in [0.3, 0.4) is 0 Å². The van der Waals surface area contributed by atoms with Crippen LogP contribution in [0.4, 0.5) is 0 Å². The van der Waals surface area contributed by atoms with Crippen LogP contribution in [0.1, 0.15) is 36.2 Å². The van der Waals surface area contributed by atoms with Gasteiger partial charge >= 0.3 is 0 Å². The Kier molecular flexibility index (Phi) is 4.28. The van der Waals surface area contributed by atoms with Crippen molar-refractivity contribution in [1.82, 2.24) is 15.6 Å². The van der Waals surface area contributed by atoms with Gasteiger partial charge in [0.2, 0.25) is 5.91 Å². The molecule has 1 atom stereocenters. The molecule has 1 aromatic heterocycles. The van der Waals surface area contributed by atoms with Gasteiger partial charge in [-0.05, 0) is 25.0 Å². The van der Waals surface area contributed by atoms with Crippen LogP contribution >= 0.6 is 0 Å². The molecular weight excluding hydrogens is 230 g/mol. The van der Waals surface area contributed by atoms with E-state index in [0.29, 0.717) is 18.7 Å². The maximum Gasteiger partial charge on any atom is 0.269 e. The van der Waals surface area contributed by atoms with Crippen LogP contribution in [-0.2, 0) is 4.79 Å². The SMILES string of the molecule is O=C1CCCCC(CNC(=O)c2ccccn2)N1. The van der Waals surface area contributed by atoms with E-state index in [0.717, 1.165) is 19.3 Å². The first-order valence-corrected chi connectivity index (χ1v) is 6.24. The number of aromatic nitrogens is 1. The number of hydrogen-bond donors (Lipinski definition) is 2. The highest BCUT2D eigenvalue weighted by Crippen LogP contribution is 2.08. The molecule has 5 heteroatoms. The van der Waals surface area contributed by atoms with Crippen molar-refractivity contribution in [2.24, 2.45) is 0 Å². The van der Waals surface area contributed by atoms with E-state index >= 15 is 0 Å². The molecule has 0 bridgehead atoms. The maximum absolute atomic E-state index is 11.8. The number of amides is 2. The summed E-state index contributed by atoms with van der Waals surface area (Å²) in [6, 6.07) is 5.24. The summed E-state index contributed by atoms with van der Waals surface area (Å²) >= 11 is 0. The van der Waals surface area contributed by atoms with Crippen LogP contribution in [-0.4, -0.2) is 29.4 Å². The van der Waals surface area contributed by atoms with Gasteiger partial charge in [0.1, 0.15) is 5.69 Å². The fraction of sp³-hybridized carbons (Fsp3) is 0.462. The van der Waals surface area contributed by atoms with Crippen molar-refractivity contribution in [2.45, 2.75) is 31.7 Å². The van der Waals surface area contributed by atoms with Crippen LogP contribution < -0.4 is 10.6 Å². The highest BCUT2D eigenvalue weighted by molar-refractivity contribution is 5.92. The van der Waals surface area contributed by atoms with E-state index in [1.807, 2.05) is 0 Å². The fourth-order valence-electron chi connectivity index (χ4n) is 2.00. The minimum Gasteiger partial charge on any atom is -0.352 e. The van der Waals surface area contributed by atoms with Crippen LogP contribution in [0, 0.1) is 0 Å². The summed E-state index contributed by atoms with van der Waals surface area (Å²) in [7, 11) is 0. The van der Waals surface area contributed by atoms with Crippen LogP contribution in [0.15, 0.2) is 24.4 Å². The maximum atomic E-state index is 11.8. The second-order valence-electron chi connectivity index (χ2n) is 4.44. The number of nitrogens with one attached hydrogen (secondary N) is 2. The number of rotatable bonds is 3. The average Bonchev–Trinajstić information content (AvgIpc) is 2.61. The molecule has 0 saturated carbocycles. The smallest absolute Gasteiger partial charge is 0.269 e. The van der Waals surface area contributed by atoms with E-state index in [-0.39, 0.29) is 17.9 Å². The van der Waals surface area contributed by atoms with Gasteiger partial charge in [-0.25, -0.2) is 0 Å². The second kappa shape index (κ2) is 6.14. The Hall–Kier alpha value is -1.91. The molecule has 0 spiro atoms. The van der Waals surface area contributed by atoms with Crippen molar-refractivity contribution in [1.29, 1.82) is 0 Å². The zero-order valence-corrected chi connectivity index (χ0v) is 10.2. The molecule has 5 nitrogen and oxygen atoms in total. The molecular formula is C13H17N3O2. The van der Waals surface area contributed by atoms with E-state index in [2.05, 4.69) is 15.6 Å². The van der Waals surface area contributed by atoms with Crippen LogP contribution in [0.2, 0.25) is 0 Å². The highest BCUT2D eigenvalue weighted by atomic mass is 16.2. The van der Waals surface area contributed by atoms with Crippen molar-refractivity contribution in [3.05, 3.63) is 30.1 Å². The Bertz CT molecular complexity index is 420. The first kappa shape index (κ1) is 12.5. The zero-order valence-electron chi connectivity index (χ0n) is 10.2. The Balaban J connectivity index is 1.84. The molecule has 0 radical (unpaired) electrons. The minimum atomic E-state index is -0.200. The van der Waals surface area contributed by atoms with Crippen molar-refractivity contribution in [3.8, 4) is 0 Å². The van der Waals surface area contributed by atoms with E-state index in [1.165, 1.54) is 0 Å². The van der Waals surface area contributed by atoms with Crippen LogP contribution in [0.25, 0.3) is 0 Å². The lowest BCUT2D eigenvalue weighted by Crippen LogP contribution is -2.42. The van der Waals surface area contributed by atoms with Gasteiger partial charge in [0, 0.05) is 25.2 Å². The third kappa shape index (κ3) is 3.55. The Morgan fingerprint density at radius 1 is 1.44 bits per heavy atom. The second-order valence-corrected chi connectivity index (χ2v) is 4.44. The Labute approximate surface area is 106 Å². The predicted octanol–water partition coefficient (Wildman–Crippen LogP) is 0.870. The molecule has 1 aliphatic rings. The lowest BCUT2D eigenvalue weighted by Gasteiger charge is -2.16. The molecule has 2 N–H and O–H groups in total. The number of carbonyl (C=O) groups is 2. The molecule has 1 aliphatic heterocycles. The van der Waals surface area contributed by atoms with Gasteiger partial charge in [-0.2, -0.15) is 0 Å². The standard InChI is InChI=1S/C13H17N3O2/c17-12-7-2-1-5-10(16-12)9-15-13(18)11-6-3-4-8-14-11/h3-4,6,8,10H,1-2,5,7,9H2,(H,15,18)(H,16,17). The van der Waals surface area contributed by atoms with E-state index in [9.17, 15) is 9.59 Å². The third-order valence-electron chi connectivity index (χ3n) is 2.98. The summed E-state index contributed by atoms with van der Waals surface area (Å²) in [4.78, 5) is 27.1. The van der Waals surface area contributed by atoms with Crippen molar-refractivity contribution in [3.63, 3.8) is 0 Å². The lowest BCUT2D eigenvalue weighted by molar-refractivity contribution is -0.121. The normalized spacial score (nSPS) is 19.8. The largest absolute Gasteiger partial charge is 0.352 e. The Morgan fingerprint density at radius 2 is 2.33 bits per heavy atom. The van der Waals surface area contributed by atoms with E-state index in [4.69, 9.17) is 0 Å². The number of pyridine rings is 1. The number of hydrogen-bond acceptors (Lipinski definition) is 3. The predicted molar refractivity (Wildman–Crippen MR) is 67.0 cm³/mol. The molecule has 0 aromatic carbocycles. The molecule has 1 unspecified atom stereocenters. The van der Waals surface area contributed by atoms with Crippen molar-refractivity contribution < 1.29 is 9.59 Å². The summed E-state index contributed by atoms with van der Waals surface area (Å²) in [6.07, 6.45) is 5.03.